The maximum atomic E-state index is 10.7. The largest absolute Gasteiger partial charge is 0.264 e. The molecule has 1 aromatic carbocycles. The first-order chi connectivity index (χ1) is 8.63. The fourth-order valence-corrected chi connectivity index (χ4v) is 3.00. The molecular formula is C13H18ClNO2S. The summed E-state index contributed by atoms with van der Waals surface area (Å²) >= 11 is 7.49. The number of nitro groups is 1. The maximum Gasteiger partial charge on any atom is 0.219 e. The Balaban J connectivity index is 2.59. The van der Waals surface area contributed by atoms with Crippen LogP contribution in [0.2, 0.25) is 5.02 Å². The summed E-state index contributed by atoms with van der Waals surface area (Å²) in [5, 5.41) is 11.3. The highest BCUT2D eigenvalue weighted by molar-refractivity contribution is 7.99. The van der Waals surface area contributed by atoms with Crippen LogP contribution in [0.4, 0.5) is 0 Å². The van der Waals surface area contributed by atoms with Gasteiger partial charge in [-0.15, -0.1) is 11.8 Å². The normalized spacial score (nSPS) is 12.3. The van der Waals surface area contributed by atoms with E-state index in [0.29, 0.717) is 5.02 Å². The standard InChI is InChI=1S/C13H18ClNO2S/c1-2-3-4-9-18-13(10-15(16)17)11-5-7-12(14)8-6-11/h5-8,13H,2-4,9-10H2,1H3. The van der Waals surface area contributed by atoms with Crippen molar-refractivity contribution in [2.24, 2.45) is 0 Å². The van der Waals surface area contributed by atoms with Gasteiger partial charge in [-0.1, -0.05) is 43.5 Å². The van der Waals surface area contributed by atoms with Crippen LogP contribution in [0.25, 0.3) is 0 Å². The predicted octanol–water partition coefficient (Wildman–Crippen LogP) is 4.58. The van der Waals surface area contributed by atoms with E-state index in [9.17, 15) is 10.1 Å². The molecule has 5 heteroatoms. The van der Waals surface area contributed by atoms with Gasteiger partial charge in [0.2, 0.25) is 6.54 Å². The lowest BCUT2D eigenvalue weighted by atomic mass is 10.1. The third-order valence-electron chi connectivity index (χ3n) is 2.62. The Kier molecular flexibility index (Phi) is 7.13. The van der Waals surface area contributed by atoms with E-state index in [1.165, 1.54) is 12.8 Å². The monoisotopic (exact) mass is 287 g/mol. The number of unbranched alkanes of at least 4 members (excludes halogenated alkanes) is 2. The molecule has 3 nitrogen and oxygen atoms in total. The van der Waals surface area contributed by atoms with Crippen LogP contribution < -0.4 is 0 Å². The van der Waals surface area contributed by atoms with Gasteiger partial charge in [0.1, 0.15) is 0 Å². The van der Waals surface area contributed by atoms with E-state index in [1.54, 1.807) is 23.9 Å². The topological polar surface area (TPSA) is 43.1 Å². The molecule has 100 valence electrons. The van der Waals surface area contributed by atoms with E-state index in [2.05, 4.69) is 6.92 Å². The second-order valence-corrected chi connectivity index (χ2v) is 5.88. The molecule has 0 saturated heterocycles. The number of hydrogen-bond donors (Lipinski definition) is 0. The van der Waals surface area contributed by atoms with Gasteiger partial charge in [-0.25, -0.2) is 0 Å². The first-order valence-corrected chi connectivity index (χ1v) is 7.55. The summed E-state index contributed by atoms with van der Waals surface area (Å²) in [7, 11) is 0. The van der Waals surface area contributed by atoms with Crippen LogP contribution in [0.1, 0.15) is 37.0 Å². The van der Waals surface area contributed by atoms with Crippen LogP contribution in [0.3, 0.4) is 0 Å². The molecule has 1 rings (SSSR count). The Labute approximate surface area is 117 Å². The number of halogens is 1. The van der Waals surface area contributed by atoms with Gasteiger partial charge in [0.25, 0.3) is 0 Å². The van der Waals surface area contributed by atoms with Crippen molar-refractivity contribution in [3.05, 3.63) is 45.0 Å². The van der Waals surface area contributed by atoms with Crippen molar-refractivity contribution < 1.29 is 4.92 Å². The van der Waals surface area contributed by atoms with E-state index in [4.69, 9.17) is 11.6 Å². The van der Waals surface area contributed by atoms with Gasteiger partial charge >= 0.3 is 0 Å². The summed E-state index contributed by atoms with van der Waals surface area (Å²) in [5.74, 6) is 0.967. The smallest absolute Gasteiger partial charge is 0.219 e. The first kappa shape index (κ1) is 15.3. The third kappa shape index (κ3) is 5.74. The molecule has 0 fully saturated rings. The van der Waals surface area contributed by atoms with Crippen molar-refractivity contribution in [2.75, 3.05) is 12.3 Å². The molecule has 1 unspecified atom stereocenters. The van der Waals surface area contributed by atoms with Crippen molar-refractivity contribution in [1.82, 2.24) is 0 Å². The van der Waals surface area contributed by atoms with Crippen molar-refractivity contribution in [3.8, 4) is 0 Å². The van der Waals surface area contributed by atoms with E-state index in [1.807, 2.05) is 12.1 Å². The molecule has 0 spiro atoms. The van der Waals surface area contributed by atoms with Crippen molar-refractivity contribution in [3.63, 3.8) is 0 Å². The molecule has 0 aliphatic heterocycles. The van der Waals surface area contributed by atoms with Gasteiger partial charge < -0.3 is 0 Å². The fourth-order valence-electron chi connectivity index (χ4n) is 1.64. The average molecular weight is 288 g/mol. The molecule has 0 heterocycles. The van der Waals surface area contributed by atoms with Crippen LogP contribution in [0.15, 0.2) is 24.3 Å². The second-order valence-electron chi connectivity index (χ2n) is 4.13. The highest BCUT2D eigenvalue weighted by atomic mass is 35.5. The molecule has 0 saturated carbocycles. The molecule has 0 radical (unpaired) electrons. The summed E-state index contributed by atoms with van der Waals surface area (Å²) in [4.78, 5) is 10.5. The number of benzene rings is 1. The average Bonchev–Trinajstić information content (AvgIpc) is 2.34. The first-order valence-electron chi connectivity index (χ1n) is 6.12. The van der Waals surface area contributed by atoms with Crippen molar-refractivity contribution >= 4 is 23.4 Å². The van der Waals surface area contributed by atoms with Gasteiger partial charge in [-0.05, 0) is 29.9 Å². The summed E-state index contributed by atoms with van der Waals surface area (Å²) in [6.07, 6.45) is 3.46. The van der Waals surface area contributed by atoms with Crippen molar-refractivity contribution in [1.29, 1.82) is 0 Å². The minimum absolute atomic E-state index is 0.0293. The quantitative estimate of drug-likeness (QED) is 0.399. The maximum absolute atomic E-state index is 10.7. The third-order valence-corrected chi connectivity index (χ3v) is 4.22. The highest BCUT2D eigenvalue weighted by Gasteiger charge is 2.17. The number of thioether (sulfide) groups is 1. The Morgan fingerprint density at radius 2 is 2.00 bits per heavy atom. The van der Waals surface area contributed by atoms with E-state index in [-0.39, 0.29) is 16.7 Å². The number of hydrogen-bond acceptors (Lipinski definition) is 3. The van der Waals surface area contributed by atoms with Gasteiger partial charge in [0, 0.05) is 9.95 Å². The molecule has 0 bridgehead atoms. The Morgan fingerprint density at radius 1 is 1.33 bits per heavy atom. The Morgan fingerprint density at radius 3 is 2.56 bits per heavy atom. The lowest BCUT2D eigenvalue weighted by molar-refractivity contribution is -0.479. The summed E-state index contributed by atoms with van der Waals surface area (Å²) < 4.78 is 0. The van der Waals surface area contributed by atoms with Crippen LogP contribution in [0, 0.1) is 10.1 Å². The van der Waals surface area contributed by atoms with Crippen LogP contribution in [-0.2, 0) is 0 Å². The highest BCUT2D eigenvalue weighted by Crippen LogP contribution is 2.30. The second kappa shape index (κ2) is 8.38. The lowest BCUT2D eigenvalue weighted by Gasteiger charge is -2.13. The molecule has 0 aromatic heterocycles. The van der Waals surface area contributed by atoms with Gasteiger partial charge in [-0.2, -0.15) is 0 Å². The zero-order chi connectivity index (χ0) is 13.4. The zero-order valence-corrected chi connectivity index (χ0v) is 12.0. The Hall–Kier alpha value is -0.740. The molecule has 0 N–H and O–H groups in total. The molecular weight excluding hydrogens is 270 g/mol. The van der Waals surface area contributed by atoms with Gasteiger partial charge in [0.15, 0.2) is 0 Å². The fraction of sp³-hybridized carbons (Fsp3) is 0.538. The molecule has 1 aromatic rings. The van der Waals surface area contributed by atoms with Gasteiger partial charge in [0.05, 0.1) is 5.25 Å². The lowest BCUT2D eigenvalue weighted by Crippen LogP contribution is -2.10. The van der Waals surface area contributed by atoms with Crippen LogP contribution in [-0.4, -0.2) is 17.2 Å². The summed E-state index contributed by atoms with van der Waals surface area (Å²) in [5.41, 5.74) is 0.984. The van der Waals surface area contributed by atoms with E-state index in [0.717, 1.165) is 17.7 Å². The number of rotatable bonds is 8. The summed E-state index contributed by atoms with van der Waals surface area (Å²) in [6, 6.07) is 7.33. The predicted molar refractivity (Wildman–Crippen MR) is 78.0 cm³/mol. The van der Waals surface area contributed by atoms with Crippen LogP contribution in [0.5, 0.6) is 0 Å². The molecule has 0 amide bonds. The molecule has 0 aliphatic rings. The number of nitrogens with zero attached hydrogens (tertiary/aromatic N) is 1. The molecule has 18 heavy (non-hydrogen) atoms. The van der Waals surface area contributed by atoms with Crippen LogP contribution >= 0.6 is 23.4 Å². The van der Waals surface area contributed by atoms with Crippen molar-refractivity contribution in [2.45, 2.75) is 31.4 Å². The van der Waals surface area contributed by atoms with E-state index < -0.39 is 0 Å². The SMILES string of the molecule is CCCCCSC(C[N+](=O)[O-])c1ccc(Cl)cc1. The van der Waals surface area contributed by atoms with Gasteiger partial charge in [-0.3, -0.25) is 10.1 Å². The molecule has 1 atom stereocenters. The van der Waals surface area contributed by atoms with E-state index >= 15 is 0 Å². The minimum Gasteiger partial charge on any atom is -0.264 e. The zero-order valence-electron chi connectivity index (χ0n) is 10.5. The Bertz CT molecular complexity index is 370. The molecule has 0 aliphatic carbocycles. The minimum atomic E-state index is -0.244. The summed E-state index contributed by atoms with van der Waals surface area (Å²) in [6.45, 7) is 2.12.